The fourth-order valence-corrected chi connectivity index (χ4v) is 3.46. The summed E-state index contributed by atoms with van der Waals surface area (Å²) in [7, 11) is 0. The van der Waals surface area contributed by atoms with Crippen LogP contribution < -0.4 is 11.1 Å². The molecule has 1 aromatic heterocycles. The number of carbonyl (C=O) groups excluding carboxylic acids is 3. The van der Waals surface area contributed by atoms with E-state index in [-0.39, 0.29) is 21.5 Å². The molecule has 0 aliphatic heterocycles. The maximum absolute atomic E-state index is 12.2. The molecule has 0 atom stereocenters. The van der Waals surface area contributed by atoms with Crippen molar-refractivity contribution in [3.8, 4) is 0 Å². The highest BCUT2D eigenvalue weighted by Gasteiger charge is 2.25. The van der Waals surface area contributed by atoms with Crippen LogP contribution >= 0.6 is 11.3 Å². The zero-order valence-electron chi connectivity index (χ0n) is 15.7. The molecule has 3 N–H and O–H groups in total. The summed E-state index contributed by atoms with van der Waals surface area (Å²) in [4.78, 5) is 36.5. The number of carbonyl (C=O) groups is 3. The van der Waals surface area contributed by atoms with E-state index in [2.05, 4.69) is 5.32 Å². The van der Waals surface area contributed by atoms with Crippen molar-refractivity contribution in [1.82, 2.24) is 0 Å². The van der Waals surface area contributed by atoms with Gasteiger partial charge in [0.05, 0.1) is 11.7 Å². The van der Waals surface area contributed by atoms with Crippen molar-refractivity contribution < 1.29 is 19.1 Å². The maximum atomic E-state index is 12.2. The number of primary amides is 1. The molecule has 7 heteroatoms. The maximum Gasteiger partial charge on any atom is 0.348 e. The third-order valence-electron chi connectivity index (χ3n) is 3.66. The van der Waals surface area contributed by atoms with Crippen molar-refractivity contribution >= 4 is 40.2 Å². The molecule has 0 radical (unpaired) electrons. The average Bonchev–Trinajstić information content (AvgIpc) is 2.90. The molecule has 1 heterocycles. The number of nitrogens with two attached hydrogens (primary N) is 1. The van der Waals surface area contributed by atoms with Crippen molar-refractivity contribution in [1.29, 1.82) is 0 Å². The fourth-order valence-electron chi connectivity index (χ4n) is 2.36. The van der Waals surface area contributed by atoms with Gasteiger partial charge in [-0.3, -0.25) is 9.59 Å². The van der Waals surface area contributed by atoms with Gasteiger partial charge in [-0.2, -0.15) is 0 Å². The van der Waals surface area contributed by atoms with Gasteiger partial charge in [0.15, 0.2) is 0 Å². The van der Waals surface area contributed by atoms with Crippen molar-refractivity contribution in [3.63, 3.8) is 0 Å². The Bertz CT molecular complexity index is 895. The highest BCUT2D eigenvalue weighted by Crippen LogP contribution is 2.33. The molecule has 0 spiro atoms. The summed E-state index contributed by atoms with van der Waals surface area (Å²) >= 11 is 0.975. The molecular formula is C20H22N2O4S. The Balaban J connectivity index is 2.23. The van der Waals surface area contributed by atoms with E-state index in [0.29, 0.717) is 5.56 Å². The van der Waals surface area contributed by atoms with E-state index >= 15 is 0 Å². The molecule has 0 fully saturated rings. The standard InChI is InChI=1S/C20H22N2O4S/c1-11(2)26-20(25)17-13(4)16(18(21)24)19(27-17)22-15(23)10-9-14-7-5-12(3)6-8-14/h5-11H,1-4H3,(H2,21,24)(H,22,23)/b10-9-. The molecule has 0 aliphatic carbocycles. The normalized spacial score (nSPS) is 11.0. The number of aryl methyl sites for hydroxylation is 1. The minimum atomic E-state index is -0.717. The molecule has 142 valence electrons. The number of ether oxygens (including phenoxy) is 1. The van der Waals surface area contributed by atoms with Crippen LogP contribution in [0.4, 0.5) is 5.00 Å². The number of nitrogens with one attached hydrogen (secondary N) is 1. The van der Waals surface area contributed by atoms with E-state index in [9.17, 15) is 14.4 Å². The Kier molecular flexibility index (Phi) is 6.52. The first-order valence-corrected chi connectivity index (χ1v) is 9.20. The lowest BCUT2D eigenvalue weighted by atomic mass is 10.1. The molecule has 2 amide bonds. The molecule has 27 heavy (non-hydrogen) atoms. The second kappa shape index (κ2) is 8.64. The van der Waals surface area contributed by atoms with Crippen molar-refractivity contribution in [2.45, 2.75) is 33.8 Å². The van der Waals surface area contributed by atoms with Crippen LogP contribution in [0.15, 0.2) is 30.3 Å². The molecule has 2 aromatic rings. The van der Waals surface area contributed by atoms with E-state index in [0.717, 1.165) is 22.5 Å². The Labute approximate surface area is 162 Å². The van der Waals surface area contributed by atoms with Crippen LogP contribution in [0.3, 0.4) is 0 Å². The van der Waals surface area contributed by atoms with Gasteiger partial charge >= 0.3 is 5.97 Å². The monoisotopic (exact) mass is 386 g/mol. The van der Waals surface area contributed by atoms with Gasteiger partial charge in [-0.15, -0.1) is 11.3 Å². The Hall–Kier alpha value is -2.93. The number of hydrogen-bond donors (Lipinski definition) is 2. The zero-order chi connectivity index (χ0) is 20.1. The molecule has 0 aliphatic rings. The topological polar surface area (TPSA) is 98.5 Å². The van der Waals surface area contributed by atoms with E-state index in [1.54, 1.807) is 26.8 Å². The quantitative estimate of drug-likeness (QED) is 0.584. The lowest BCUT2D eigenvalue weighted by Crippen LogP contribution is -2.16. The Morgan fingerprint density at radius 2 is 1.78 bits per heavy atom. The van der Waals surface area contributed by atoms with Gasteiger partial charge in [-0.25, -0.2) is 4.79 Å². The third kappa shape index (κ3) is 5.27. The van der Waals surface area contributed by atoms with Crippen LogP contribution in [0.5, 0.6) is 0 Å². The van der Waals surface area contributed by atoms with Crippen LogP contribution in [-0.2, 0) is 9.53 Å². The molecule has 0 saturated carbocycles. The second-order valence-corrected chi connectivity index (χ2v) is 7.33. The van der Waals surface area contributed by atoms with Gasteiger partial charge < -0.3 is 15.8 Å². The summed E-state index contributed by atoms with van der Waals surface area (Å²) in [6, 6.07) is 7.67. The number of benzene rings is 1. The first-order valence-electron chi connectivity index (χ1n) is 8.39. The smallest absolute Gasteiger partial charge is 0.348 e. The first-order chi connectivity index (χ1) is 12.7. The van der Waals surface area contributed by atoms with Crippen molar-refractivity contribution in [2.24, 2.45) is 5.73 Å². The zero-order valence-corrected chi connectivity index (χ0v) is 16.5. The molecule has 2 rings (SSSR count). The van der Waals surface area contributed by atoms with Crippen molar-refractivity contribution in [3.05, 3.63) is 57.5 Å². The summed E-state index contributed by atoms with van der Waals surface area (Å²) in [5.74, 6) is -1.70. The molecule has 0 bridgehead atoms. The third-order valence-corrected chi connectivity index (χ3v) is 4.85. The summed E-state index contributed by atoms with van der Waals surface area (Å²) in [6.45, 7) is 7.04. The van der Waals surface area contributed by atoms with E-state index in [1.165, 1.54) is 6.08 Å². The van der Waals surface area contributed by atoms with Gasteiger partial charge in [0.1, 0.15) is 9.88 Å². The Morgan fingerprint density at radius 3 is 2.33 bits per heavy atom. The number of rotatable bonds is 6. The number of hydrogen-bond acceptors (Lipinski definition) is 5. The number of esters is 1. The minimum absolute atomic E-state index is 0.118. The van der Waals surface area contributed by atoms with Gasteiger partial charge in [0.25, 0.3) is 5.91 Å². The molecule has 0 saturated heterocycles. The Morgan fingerprint density at radius 1 is 1.15 bits per heavy atom. The highest BCUT2D eigenvalue weighted by molar-refractivity contribution is 7.18. The predicted molar refractivity (Wildman–Crippen MR) is 107 cm³/mol. The lowest BCUT2D eigenvalue weighted by molar-refractivity contribution is -0.111. The summed E-state index contributed by atoms with van der Waals surface area (Å²) in [5.41, 5.74) is 7.94. The van der Waals surface area contributed by atoms with Crippen molar-refractivity contribution in [2.75, 3.05) is 5.32 Å². The van der Waals surface area contributed by atoms with Crippen LogP contribution in [0.2, 0.25) is 0 Å². The summed E-state index contributed by atoms with van der Waals surface area (Å²) in [6.07, 6.45) is 2.72. The van der Waals surface area contributed by atoms with E-state index in [4.69, 9.17) is 10.5 Å². The van der Waals surface area contributed by atoms with E-state index < -0.39 is 17.8 Å². The minimum Gasteiger partial charge on any atom is -0.459 e. The van der Waals surface area contributed by atoms with Crippen LogP contribution in [0.25, 0.3) is 6.08 Å². The van der Waals surface area contributed by atoms with Gasteiger partial charge in [0, 0.05) is 6.08 Å². The molecule has 1 aromatic carbocycles. The first kappa shape index (κ1) is 20.4. The van der Waals surface area contributed by atoms with E-state index in [1.807, 2.05) is 31.2 Å². The highest BCUT2D eigenvalue weighted by atomic mass is 32.1. The van der Waals surface area contributed by atoms with Gasteiger partial charge in [0.2, 0.25) is 5.91 Å². The van der Waals surface area contributed by atoms with Gasteiger partial charge in [-0.1, -0.05) is 29.8 Å². The largest absolute Gasteiger partial charge is 0.459 e. The van der Waals surface area contributed by atoms with Crippen LogP contribution in [-0.4, -0.2) is 23.9 Å². The average molecular weight is 386 g/mol. The molecule has 6 nitrogen and oxygen atoms in total. The SMILES string of the molecule is Cc1ccc(/C=C\C(=O)Nc2sc(C(=O)OC(C)C)c(C)c2C(N)=O)cc1. The summed E-state index contributed by atoms with van der Waals surface area (Å²) < 4.78 is 5.18. The van der Waals surface area contributed by atoms with Crippen LogP contribution in [0, 0.1) is 13.8 Å². The number of anilines is 1. The van der Waals surface area contributed by atoms with Crippen LogP contribution in [0.1, 0.15) is 50.6 Å². The lowest BCUT2D eigenvalue weighted by Gasteiger charge is -2.06. The molecule has 0 unspecified atom stereocenters. The molecular weight excluding hydrogens is 364 g/mol. The number of thiophene rings is 1. The summed E-state index contributed by atoms with van der Waals surface area (Å²) in [5, 5.41) is 2.86. The second-order valence-electron chi connectivity index (χ2n) is 6.31. The predicted octanol–water partition coefficient (Wildman–Crippen LogP) is 3.68. The fraction of sp³-hybridized carbons (Fsp3) is 0.250. The van der Waals surface area contributed by atoms with Gasteiger partial charge in [-0.05, 0) is 44.9 Å². The number of amides is 2.